The van der Waals surface area contributed by atoms with Crippen LogP contribution in [0.4, 0.5) is 4.39 Å². The molecule has 1 aliphatic carbocycles. The maximum Gasteiger partial charge on any atom is 0.326 e. The van der Waals surface area contributed by atoms with E-state index in [1.807, 2.05) is 12.1 Å². The van der Waals surface area contributed by atoms with E-state index in [1.165, 1.54) is 6.07 Å². The number of carbonyl (C=O) groups is 2. The highest BCUT2D eigenvalue weighted by atomic mass is 19.1. The van der Waals surface area contributed by atoms with E-state index in [1.54, 1.807) is 24.3 Å². The minimum atomic E-state index is -1.17. The Morgan fingerprint density at radius 3 is 2.41 bits per heavy atom. The smallest absolute Gasteiger partial charge is 0.326 e. The highest BCUT2D eigenvalue weighted by molar-refractivity contribution is 5.96. The molecule has 1 amide bonds. The van der Waals surface area contributed by atoms with Gasteiger partial charge in [-0.25, -0.2) is 9.18 Å². The van der Waals surface area contributed by atoms with Crippen LogP contribution in [-0.2, 0) is 11.2 Å². The Morgan fingerprint density at radius 1 is 1.17 bits per heavy atom. The Hall–Kier alpha value is -3.13. The normalized spacial score (nSPS) is 14.1. The first-order valence-corrected chi connectivity index (χ1v) is 9.77. The third-order valence-corrected chi connectivity index (χ3v) is 4.90. The van der Waals surface area contributed by atoms with Gasteiger partial charge in [-0.15, -0.1) is 0 Å². The van der Waals surface area contributed by atoms with Crippen molar-refractivity contribution in [3.63, 3.8) is 0 Å². The van der Waals surface area contributed by atoms with Crippen molar-refractivity contribution in [2.45, 2.75) is 45.1 Å². The lowest BCUT2D eigenvalue weighted by atomic mass is 10.0. The average Bonchev–Trinajstić information content (AvgIpc) is 3.51. The first kappa shape index (κ1) is 20.6. The number of amides is 1. The fourth-order valence-electron chi connectivity index (χ4n) is 2.89. The van der Waals surface area contributed by atoms with Gasteiger partial charge >= 0.3 is 5.97 Å². The molecule has 0 heterocycles. The molecule has 2 aromatic rings. The second-order valence-electron chi connectivity index (χ2n) is 7.70. The molecule has 3 rings (SSSR count). The third kappa shape index (κ3) is 5.68. The van der Waals surface area contributed by atoms with Gasteiger partial charge in [0.25, 0.3) is 5.91 Å². The molecule has 1 atom stereocenters. The summed E-state index contributed by atoms with van der Waals surface area (Å²) in [5.41, 5.74) is 2.28. The Balaban J connectivity index is 1.68. The zero-order valence-electron chi connectivity index (χ0n) is 16.5. The Bertz CT molecular complexity index is 966. The predicted molar refractivity (Wildman–Crippen MR) is 109 cm³/mol. The van der Waals surface area contributed by atoms with Crippen LogP contribution in [-0.4, -0.2) is 23.0 Å². The highest BCUT2D eigenvalue weighted by Gasteiger charge is 2.22. The van der Waals surface area contributed by atoms with Gasteiger partial charge in [0.1, 0.15) is 11.9 Å². The molecule has 2 N–H and O–H groups in total. The minimum absolute atomic E-state index is 0.0155. The van der Waals surface area contributed by atoms with Crippen LogP contribution in [0.1, 0.15) is 59.7 Å². The molecule has 1 fully saturated rings. The largest absolute Gasteiger partial charge is 0.480 e. The lowest BCUT2D eigenvalue weighted by Crippen LogP contribution is -2.42. The number of carbonyl (C=O) groups excluding carboxylic acids is 1. The van der Waals surface area contributed by atoms with Gasteiger partial charge in [0.15, 0.2) is 0 Å². The molecule has 29 heavy (non-hydrogen) atoms. The standard InChI is InChI=1S/C24H24FNO3/c1-15(2)18-9-11-20(12-10-18)23(27)26-22(24(28)29)14-17-6-8-19(21(25)13-17)7-5-16-3-4-16/h6,8-13,15-16,22H,3-4,14H2,1-2H3,(H,26,27)(H,28,29)/t22-/m1/s1. The summed E-state index contributed by atoms with van der Waals surface area (Å²) in [5.74, 6) is 4.43. The number of benzene rings is 2. The number of hydrogen-bond donors (Lipinski definition) is 2. The van der Waals surface area contributed by atoms with Gasteiger partial charge in [0, 0.05) is 17.9 Å². The van der Waals surface area contributed by atoms with Crippen molar-refractivity contribution in [3.8, 4) is 11.8 Å². The van der Waals surface area contributed by atoms with Crippen molar-refractivity contribution in [2.24, 2.45) is 5.92 Å². The quantitative estimate of drug-likeness (QED) is 0.725. The minimum Gasteiger partial charge on any atom is -0.480 e. The van der Waals surface area contributed by atoms with Crippen molar-refractivity contribution in [1.29, 1.82) is 0 Å². The molecule has 0 unspecified atom stereocenters. The van der Waals surface area contributed by atoms with E-state index >= 15 is 0 Å². The molecule has 0 aliphatic heterocycles. The van der Waals surface area contributed by atoms with Gasteiger partial charge < -0.3 is 10.4 Å². The van der Waals surface area contributed by atoms with E-state index in [-0.39, 0.29) is 6.42 Å². The molecule has 5 heteroatoms. The van der Waals surface area contributed by atoms with Gasteiger partial charge in [0.05, 0.1) is 5.56 Å². The number of hydrogen-bond acceptors (Lipinski definition) is 2. The van der Waals surface area contributed by atoms with Gasteiger partial charge in [-0.2, -0.15) is 0 Å². The molecule has 1 aliphatic rings. The van der Waals surface area contributed by atoms with Crippen molar-refractivity contribution >= 4 is 11.9 Å². The van der Waals surface area contributed by atoms with E-state index in [2.05, 4.69) is 31.0 Å². The first-order chi connectivity index (χ1) is 13.8. The fourth-order valence-corrected chi connectivity index (χ4v) is 2.89. The van der Waals surface area contributed by atoms with Gasteiger partial charge in [0.2, 0.25) is 0 Å². The van der Waals surface area contributed by atoms with Crippen molar-refractivity contribution in [2.75, 3.05) is 0 Å². The molecule has 1 saturated carbocycles. The van der Waals surface area contributed by atoms with E-state index in [9.17, 15) is 19.1 Å². The maximum atomic E-state index is 14.3. The average molecular weight is 393 g/mol. The summed E-state index contributed by atoms with van der Waals surface area (Å²) in [6.07, 6.45) is 2.11. The topological polar surface area (TPSA) is 66.4 Å². The Kier molecular flexibility index (Phi) is 6.33. The van der Waals surface area contributed by atoms with E-state index in [4.69, 9.17) is 0 Å². The Labute approximate surface area is 170 Å². The van der Waals surface area contributed by atoms with Gasteiger partial charge in [-0.3, -0.25) is 4.79 Å². The van der Waals surface area contributed by atoms with Crippen molar-refractivity contribution in [3.05, 3.63) is 70.5 Å². The van der Waals surface area contributed by atoms with Crippen molar-refractivity contribution in [1.82, 2.24) is 5.32 Å². The van der Waals surface area contributed by atoms with E-state index in [0.29, 0.717) is 28.5 Å². The summed E-state index contributed by atoms with van der Waals surface area (Å²) < 4.78 is 14.3. The molecular weight excluding hydrogens is 369 g/mol. The molecule has 2 aromatic carbocycles. The number of aliphatic carboxylic acids is 1. The summed E-state index contributed by atoms with van der Waals surface area (Å²) in [4.78, 5) is 24.1. The number of rotatable bonds is 6. The summed E-state index contributed by atoms with van der Waals surface area (Å²) in [6, 6.07) is 10.4. The summed E-state index contributed by atoms with van der Waals surface area (Å²) in [5, 5.41) is 12.0. The number of carboxylic acids is 1. The van der Waals surface area contributed by atoms with Gasteiger partial charge in [-0.1, -0.05) is 43.9 Å². The molecule has 0 saturated heterocycles. The number of nitrogens with one attached hydrogen (secondary N) is 1. The number of halogens is 1. The summed E-state index contributed by atoms with van der Waals surface area (Å²) >= 11 is 0. The van der Waals surface area contributed by atoms with Crippen LogP contribution in [0, 0.1) is 23.6 Å². The maximum absolute atomic E-state index is 14.3. The molecule has 0 radical (unpaired) electrons. The second-order valence-corrected chi connectivity index (χ2v) is 7.70. The van der Waals surface area contributed by atoms with Crippen LogP contribution in [0.15, 0.2) is 42.5 Å². The van der Waals surface area contributed by atoms with Crippen molar-refractivity contribution < 1.29 is 19.1 Å². The zero-order chi connectivity index (χ0) is 21.0. The molecule has 0 aromatic heterocycles. The molecular formula is C24H24FNO3. The molecule has 4 nitrogen and oxygen atoms in total. The fraction of sp³-hybridized carbons (Fsp3) is 0.333. The lowest BCUT2D eigenvalue weighted by molar-refractivity contribution is -0.139. The zero-order valence-corrected chi connectivity index (χ0v) is 16.5. The predicted octanol–water partition coefficient (Wildman–Crippen LogP) is 4.14. The lowest BCUT2D eigenvalue weighted by Gasteiger charge is -2.15. The molecule has 0 spiro atoms. The van der Waals surface area contributed by atoms with Gasteiger partial charge in [-0.05, 0) is 54.2 Å². The molecule has 0 bridgehead atoms. The number of carboxylic acid groups (broad SMARTS) is 1. The van der Waals surface area contributed by atoms with Crippen LogP contribution in [0.5, 0.6) is 0 Å². The summed E-state index contributed by atoms with van der Waals surface area (Å²) in [7, 11) is 0. The third-order valence-electron chi connectivity index (χ3n) is 4.90. The van der Waals surface area contributed by atoms with Crippen LogP contribution in [0.25, 0.3) is 0 Å². The van der Waals surface area contributed by atoms with Crippen LogP contribution < -0.4 is 5.32 Å². The van der Waals surface area contributed by atoms with Crippen LogP contribution >= 0.6 is 0 Å². The monoisotopic (exact) mass is 393 g/mol. The molecule has 150 valence electrons. The second kappa shape index (κ2) is 8.91. The SMILES string of the molecule is CC(C)c1ccc(C(=O)N[C@H](Cc2ccc(C#CC3CC3)c(F)c2)C(=O)O)cc1. The van der Waals surface area contributed by atoms with E-state index in [0.717, 1.165) is 18.4 Å². The first-order valence-electron chi connectivity index (χ1n) is 9.77. The van der Waals surface area contributed by atoms with Crippen LogP contribution in [0.2, 0.25) is 0 Å². The van der Waals surface area contributed by atoms with Crippen LogP contribution in [0.3, 0.4) is 0 Å². The Morgan fingerprint density at radius 2 is 1.86 bits per heavy atom. The van der Waals surface area contributed by atoms with E-state index < -0.39 is 23.7 Å². The highest BCUT2D eigenvalue weighted by Crippen LogP contribution is 2.27. The summed E-state index contributed by atoms with van der Waals surface area (Å²) in [6.45, 7) is 4.11.